The lowest BCUT2D eigenvalue weighted by Gasteiger charge is -2.16. The van der Waals surface area contributed by atoms with Gasteiger partial charge in [0.05, 0.1) is 11.5 Å². The van der Waals surface area contributed by atoms with Crippen molar-refractivity contribution in [2.75, 3.05) is 20.6 Å². The van der Waals surface area contributed by atoms with Crippen molar-refractivity contribution in [1.82, 2.24) is 10.2 Å². The van der Waals surface area contributed by atoms with E-state index in [0.717, 1.165) is 6.07 Å². The Balaban J connectivity index is 3.06. The summed E-state index contributed by atoms with van der Waals surface area (Å²) in [6.45, 7) is 0.189. The van der Waals surface area contributed by atoms with Crippen LogP contribution in [0.25, 0.3) is 0 Å². The molecule has 0 saturated heterocycles. The molecule has 0 heterocycles. The van der Waals surface area contributed by atoms with E-state index in [1.54, 1.807) is 11.9 Å². The third kappa shape index (κ3) is 3.75. The molecule has 1 rings (SSSR count). The molecule has 20 heavy (non-hydrogen) atoms. The van der Waals surface area contributed by atoms with Crippen molar-refractivity contribution in [2.45, 2.75) is 6.54 Å². The molecule has 0 fully saturated rings. The van der Waals surface area contributed by atoms with Crippen molar-refractivity contribution in [1.29, 1.82) is 0 Å². The molecule has 0 aliphatic carbocycles. The van der Waals surface area contributed by atoms with Crippen molar-refractivity contribution in [2.24, 2.45) is 0 Å². The van der Waals surface area contributed by atoms with Gasteiger partial charge in [0.15, 0.2) is 0 Å². The lowest BCUT2D eigenvalue weighted by Crippen LogP contribution is -2.33. The van der Waals surface area contributed by atoms with Crippen LogP contribution in [-0.2, 0) is 11.3 Å². The normalized spacial score (nSPS) is 10.3. The molecule has 0 aliphatic rings. The molecule has 0 aliphatic heterocycles. The van der Waals surface area contributed by atoms with E-state index >= 15 is 0 Å². The fourth-order valence-corrected chi connectivity index (χ4v) is 1.79. The number of nitrogens with one attached hydrogen (secondary N) is 1. The number of hydrogen-bond donors (Lipinski definition) is 2. The van der Waals surface area contributed by atoms with Gasteiger partial charge in [0.25, 0.3) is 5.69 Å². The summed E-state index contributed by atoms with van der Waals surface area (Å²) in [5, 5.41) is 22.4. The van der Waals surface area contributed by atoms with E-state index in [9.17, 15) is 19.7 Å². The van der Waals surface area contributed by atoms with Gasteiger partial charge in [0, 0.05) is 19.7 Å². The second-order valence-corrected chi connectivity index (χ2v) is 4.22. The summed E-state index contributed by atoms with van der Waals surface area (Å²) in [4.78, 5) is 34.1. The van der Waals surface area contributed by atoms with Gasteiger partial charge in [0.2, 0.25) is 5.91 Å². The van der Waals surface area contributed by atoms with Gasteiger partial charge in [0.1, 0.15) is 5.56 Å². The maximum atomic E-state index is 11.2. The Hall–Kier alpha value is -2.48. The van der Waals surface area contributed by atoms with E-state index in [4.69, 9.17) is 5.11 Å². The zero-order valence-electron chi connectivity index (χ0n) is 11.1. The van der Waals surface area contributed by atoms with Crippen LogP contribution in [0.1, 0.15) is 15.9 Å². The van der Waals surface area contributed by atoms with Gasteiger partial charge in [-0.25, -0.2) is 4.79 Å². The fraction of sp³-hybridized carbons (Fsp3) is 0.333. The highest BCUT2D eigenvalue weighted by Crippen LogP contribution is 2.23. The molecule has 0 bridgehead atoms. The molecule has 0 atom stereocenters. The van der Waals surface area contributed by atoms with E-state index in [1.807, 2.05) is 0 Å². The number of nitro groups is 1. The number of hydrogen-bond acceptors (Lipinski definition) is 5. The number of likely N-dealkylation sites (N-methyl/N-ethyl adjacent to an activating group) is 2. The zero-order chi connectivity index (χ0) is 15.3. The Morgan fingerprint density at radius 2 is 2.10 bits per heavy atom. The Bertz CT molecular complexity index is 544. The maximum absolute atomic E-state index is 11.2. The molecule has 0 aromatic heterocycles. The monoisotopic (exact) mass is 281 g/mol. The van der Waals surface area contributed by atoms with Gasteiger partial charge in [-0.15, -0.1) is 0 Å². The van der Waals surface area contributed by atoms with Gasteiger partial charge in [-0.05, 0) is 12.6 Å². The number of carboxylic acids is 1. The smallest absolute Gasteiger partial charge is 0.343 e. The average molecular weight is 281 g/mol. The van der Waals surface area contributed by atoms with Gasteiger partial charge >= 0.3 is 5.97 Å². The Morgan fingerprint density at radius 1 is 1.45 bits per heavy atom. The number of nitrogens with zero attached hydrogens (tertiary/aromatic N) is 2. The molecule has 1 aromatic rings. The van der Waals surface area contributed by atoms with E-state index in [-0.39, 0.29) is 30.1 Å². The van der Waals surface area contributed by atoms with Crippen LogP contribution in [0.2, 0.25) is 0 Å². The molecule has 0 saturated carbocycles. The summed E-state index contributed by atoms with van der Waals surface area (Å²) < 4.78 is 0. The molecule has 1 amide bonds. The number of nitro benzene ring substituents is 1. The van der Waals surface area contributed by atoms with Gasteiger partial charge < -0.3 is 10.4 Å². The first-order valence-corrected chi connectivity index (χ1v) is 5.75. The lowest BCUT2D eigenvalue weighted by atomic mass is 10.0. The van der Waals surface area contributed by atoms with E-state index in [2.05, 4.69) is 5.32 Å². The largest absolute Gasteiger partial charge is 0.477 e. The molecule has 108 valence electrons. The number of aromatic carboxylic acids is 1. The molecular formula is C12H15N3O5. The molecular weight excluding hydrogens is 266 g/mol. The topological polar surface area (TPSA) is 113 Å². The number of carbonyl (C=O) groups excluding carboxylic acids is 1. The SMILES string of the molecule is CNC(=O)CN(C)Cc1cccc([N+](=O)[O-])c1C(=O)O. The molecule has 1 aromatic carbocycles. The second kappa shape index (κ2) is 6.62. The van der Waals surface area contributed by atoms with Crippen LogP contribution in [-0.4, -0.2) is 47.4 Å². The minimum Gasteiger partial charge on any atom is -0.477 e. The Kier molecular flexibility index (Phi) is 5.15. The summed E-state index contributed by atoms with van der Waals surface area (Å²) in [6, 6.07) is 4.07. The number of carbonyl (C=O) groups is 2. The van der Waals surface area contributed by atoms with E-state index in [1.165, 1.54) is 19.2 Å². The van der Waals surface area contributed by atoms with Crippen LogP contribution in [0, 0.1) is 10.1 Å². The lowest BCUT2D eigenvalue weighted by molar-refractivity contribution is -0.385. The number of amides is 1. The third-order valence-corrected chi connectivity index (χ3v) is 2.67. The Morgan fingerprint density at radius 3 is 2.60 bits per heavy atom. The molecule has 8 nitrogen and oxygen atoms in total. The van der Waals surface area contributed by atoms with Crippen molar-refractivity contribution in [3.63, 3.8) is 0 Å². The molecule has 0 radical (unpaired) electrons. The highest BCUT2D eigenvalue weighted by Gasteiger charge is 2.24. The summed E-state index contributed by atoms with van der Waals surface area (Å²) in [5.74, 6) is -1.59. The molecule has 0 spiro atoms. The fourth-order valence-electron chi connectivity index (χ4n) is 1.79. The summed E-state index contributed by atoms with van der Waals surface area (Å²) >= 11 is 0. The van der Waals surface area contributed by atoms with Crippen molar-refractivity contribution in [3.8, 4) is 0 Å². The summed E-state index contributed by atoms with van der Waals surface area (Å²) in [6.07, 6.45) is 0. The minimum atomic E-state index is -1.36. The van der Waals surface area contributed by atoms with Crippen LogP contribution < -0.4 is 5.32 Å². The van der Waals surface area contributed by atoms with Crippen molar-refractivity contribution >= 4 is 17.6 Å². The van der Waals surface area contributed by atoms with Gasteiger partial charge in [-0.2, -0.15) is 0 Å². The van der Waals surface area contributed by atoms with E-state index in [0.29, 0.717) is 0 Å². The highest BCUT2D eigenvalue weighted by molar-refractivity contribution is 5.94. The quantitative estimate of drug-likeness (QED) is 0.579. The van der Waals surface area contributed by atoms with Gasteiger partial charge in [-0.3, -0.25) is 19.8 Å². The minimum absolute atomic E-state index is 0.0677. The van der Waals surface area contributed by atoms with Crippen LogP contribution in [0.15, 0.2) is 18.2 Å². The maximum Gasteiger partial charge on any atom is 0.343 e. The average Bonchev–Trinajstić information content (AvgIpc) is 2.37. The number of benzene rings is 1. The van der Waals surface area contributed by atoms with Crippen molar-refractivity contribution < 1.29 is 19.6 Å². The first-order chi connectivity index (χ1) is 9.36. The van der Waals surface area contributed by atoms with Crippen LogP contribution >= 0.6 is 0 Å². The van der Waals surface area contributed by atoms with Crippen molar-refractivity contribution in [3.05, 3.63) is 39.4 Å². The first-order valence-electron chi connectivity index (χ1n) is 5.75. The number of carboxylic acid groups (broad SMARTS) is 1. The van der Waals surface area contributed by atoms with Crippen LogP contribution in [0.3, 0.4) is 0 Å². The zero-order valence-corrected chi connectivity index (χ0v) is 11.1. The predicted octanol–water partition coefficient (Wildman–Crippen LogP) is 0.471. The number of rotatable bonds is 6. The Labute approximate surface area is 115 Å². The summed E-state index contributed by atoms with van der Waals surface area (Å²) in [5.41, 5.74) is -0.511. The standard InChI is InChI=1S/C12H15N3O5/c1-13-10(16)7-14(2)6-8-4-3-5-9(15(19)20)11(8)12(17)18/h3-5H,6-7H2,1-2H3,(H,13,16)(H,17,18). The van der Waals surface area contributed by atoms with Crippen LogP contribution in [0.4, 0.5) is 5.69 Å². The van der Waals surface area contributed by atoms with E-state index < -0.39 is 16.6 Å². The highest BCUT2D eigenvalue weighted by atomic mass is 16.6. The third-order valence-electron chi connectivity index (χ3n) is 2.67. The van der Waals surface area contributed by atoms with Crippen LogP contribution in [0.5, 0.6) is 0 Å². The molecule has 8 heteroatoms. The molecule has 2 N–H and O–H groups in total. The van der Waals surface area contributed by atoms with Gasteiger partial charge in [-0.1, -0.05) is 12.1 Å². The summed E-state index contributed by atoms with van der Waals surface area (Å²) in [7, 11) is 3.12. The molecule has 0 unspecified atom stereocenters. The first kappa shape index (κ1) is 15.6. The predicted molar refractivity (Wildman–Crippen MR) is 70.5 cm³/mol. The second-order valence-electron chi connectivity index (χ2n) is 4.22.